The zero-order valence-corrected chi connectivity index (χ0v) is 26.8. The number of carboxylic acids is 3. The van der Waals surface area contributed by atoms with E-state index in [2.05, 4.69) is 16.5 Å². The Morgan fingerprint density at radius 2 is 1.58 bits per heavy atom. The van der Waals surface area contributed by atoms with E-state index < -0.39 is 30.2 Å². The fraction of sp³-hybridized carbons (Fsp3) is 0.324. The minimum atomic E-state index is -1.23. The molecule has 0 saturated carbocycles. The minimum Gasteiger partial charge on any atom is -0.481 e. The van der Waals surface area contributed by atoms with Crippen molar-refractivity contribution in [1.29, 1.82) is 0 Å². The molecule has 10 nitrogen and oxygen atoms in total. The molecule has 11 heteroatoms. The maximum absolute atomic E-state index is 12.7. The van der Waals surface area contributed by atoms with Crippen LogP contribution in [0, 0.1) is 13.8 Å². The maximum atomic E-state index is 12.7. The smallest absolute Gasteiger partial charge is 0.338 e. The Kier molecular flexibility index (Phi) is 9.55. The molecule has 0 saturated heterocycles. The molecule has 2 atom stereocenters. The second kappa shape index (κ2) is 12.9. The molecule has 3 aromatic heterocycles. The molecule has 8 bridgehead atoms. The van der Waals surface area contributed by atoms with E-state index in [9.17, 15) is 29.7 Å². The van der Waals surface area contributed by atoms with Crippen LogP contribution in [0.3, 0.4) is 0 Å². The molecule has 2 aliphatic rings. The summed E-state index contributed by atoms with van der Waals surface area (Å²) >= 11 is 0. The number of fused-ring (bicyclic) bond motifs is 8. The largest absolute Gasteiger partial charge is 0.481 e. The number of aromatic amines is 2. The molecule has 5 rings (SSSR count). The summed E-state index contributed by atoms with van der Waals surface area (Å²) in [5, 5.41) is 29.9. The number of hydrogen-bond donors (Lipinski definition) is 5. The Labute approximate surface area is 270 Å². The average Bonchev–Trinajstić information content (AvgIpc) is 3.63. The number of aliphatic carboxylic acids is 3. The summed E-state index contributed by atoms with van der Waals surface area (Å²) < 4.78 is 0. The van der Waals surface area contributed by atoms with E-state index in [1.54, 1.807) is 13.0 Å². The minimum absolute atomic E-state index is 0. The van der Waals surface area contributed by atoms with Gasteiger partial charge in [-0.05, 0) is 74.1 Å². The first-order valence-corrected chi connectivity index (χ1v) is 14.6. The maximum Gasteiger partial charge on any atom is 0.338 e. The first kappa shape index (κ1) is 33.4. The number of nitrogens with zero attached hydrogens (tertiary/aromatic N) is 2. The third-order valence-electron chi connectivity index (χ3n) is 8.94. The number of carboxylic acid groups (broad SMARTS) is 3. The second-order valence-corrected chi connectivity index (χ2v) is 11.5. The van der Waals surface area contributed by atoms with Crippen molar-refractivity contribution in [2.45, 2.75) is 72.1 Å². The Balaban J connectivity index is 0.00000461. The third-order valence-corrected chi connectivity index (χ3v) is 8.94. The van der Waals surface area contributed by atoms with Crippen LogP contribution in [0.4, 0.5) is 0 Å². The van der Waals surface area contributed by atoms with E-state index in [0.717, 1.165) is 44.3 Å². The molecule has 5 N–H and O–H groups in total. The normalized spacial score (nSPS) is 15.9. The molecule has 2 aliphatic heterocycles. The molecule has 0 aromatic carbocycles. The topological polar surface area (TPSA) is 169 Å². The van der Waals surface area contributed by atoms with E-state index in [1.807, 2.05) is 45.9 Å². The summed E-state index contributed by atoms with van der Waals surface area (Å²) in [5.41, 5.74) is 9.23. The van der Waals surface area contributed by atoms with E-state index >= 15 is 0 Å². The van der Waals surface area contributed by atoms with Crippen molar-refractivity contribution in [2.24, 2.45) is 0 Å². The van der Waals surface area contributed by atoms with Gasteiger partial charge in [0.25, 0.3) is 0 Å². The quantitative estimate of drug-likeness (QED) is 0.182. The van der Waals surface area contributed by atoms with Gasteiger partial charge in [0.2, 0.25) is 0 Å². The van der Waals surface area contributed by atoms with Crippen LogP contribution in [0.2, 0.25) is 0 Å². The molecule has 1 radical (unpaired) electrons. The third kappa shape index (κ3) is 5.97. The van der Waals surface area contributed by atoms with Crippen LogP contribution >= 0.6 is 0 Å². The standard InChI is InChI=1S/C34H36N4O6.Co/c1-7-19-15(3)23-12-25-17(5)21(9-10-29(39)40)32(37-25)22(11-30(41)42)33-31(34(43)44)18(6)26(38-33)14-28-20(8-2)16(4)24(36-28)13-27(19)35-23;/h7,12-14,17,21,35-36H,1,8-11H2,2-6H3,(H,39,40)(H,41,42)(H,43,44);/t17-,21-;/m0./s1. The summed E-state index contributed by atoms with van der Waals surface area (Å²) in [7, 11) is 0. The van der Waals surface area contributed by atoms with E-state index in [0.29, 0.717) is 29.1 Å². The van der Waals surface area contributed by atoms with Crippen LogP contribution in [0.15, 0.2) is 24.8 Å². The Bertz CT molecular complexity index is 1950. The zero-order valence-electron chi connectivity index (χ0n) is 25.8. The molecule has 0 unspecified atom stereocenters. The van der Waals surface area contributed by atoms with Gasteiger partial charge in [-0.1, -0.05) is 26.5 Å². The number of aromatic nitrogens is 4. The molecule has 0 aliphatic carbocycles. The van der Waals surface area contributed by atoms with E-state index in [-0.39, 0.29) is 52.4 Å². The second-order valence-electron chi connectivity index (χ2n) is 11.5. The van der Waals surface area contributed by atoms with Gasteiger partial charge in [0.1, 0.15) is 0 Å². The van der Waals surface area contributed by atoms with Crippen molar-refractivity contribution in [3.63, 3.8) is 0 Å². The van der Waals surface area contributed by atoms with Gasteiger partial charge in [-0.2, -0.15) is 0 Å². The van der Waals surface area contributed by atoms with Gasteiger partial charge < -0.3 is 25.3 Å². The fourth-order valence-electron chi connectivity index (χ4n) is 6.53. The fourth-order valence-corrected chi connectivity index (χ4v) is 6.53. The van der Waals surface area contributed by atoms with Gasteiger partial charge in [0.15, 0.2) is 0 Å². The zero-order chi connectivity index (χ0) is 32.0. The van der Waals surface area contributed by atoms with Gasteiger partial charge in [-0.25, -0.2) is 9.78 Å². The van der Waals surface area contributed by atoms with Crippen molar-refractivity contribution in [1.82, 2.24) is 19.9 Å². The van der Waals surface area contributed by atoms with Gasteiger partial charge in [0, 0.05) is 73.9 Å². The molecule has 0 spiro atoms. The summed E-state index contributed by atoms with van der Waals surface area (Å²) in [6.07, 6.45) is 2.03. The Hall–Kier alpha value is -4.48. The molecule has 45 heavy (non-hydrogen) atoms. The molecule has 3 aromatic rings. The first-order valence-electron chi connectivity index (χ1n) is 14.6. The Morgan fingerprint density at radius 3 is 2.18 bits per heavy atom. The molecule has 237 valence electrons. The van der Waals surface area contributed by atoms with Crippen molar-refractivity contribution in [3.05, 3.63) is 75.4 Å². The van der Waals surface area contributed by atoms with Crippen molar-refractivity contribution in [2.75, 3.05) is 0 Å². The van der Waals surface area contributed by atoms with Gasteiger partial charge in [-0.3, -0.25) is 14.6 Å². The summed E-state index contributed by atoms with van der Waals surface area (Å²) in [4.78, 5) is 53.2. The number of carbonyl (C=O) groups is 3. The predicted octanol–water partition coefficient (Wildman–Crippen LogP) is 6.53. The van der Waals surface area contributed by atoms with Crippen LogP contribution in [-0.4, -0.2) is 53.2 Å². The van der Waals surface area contributed by atoms with Crippen molar-refractivity contribution in [3.8, 4) is 0 Å². The summed E-state index contributed by atoms with van der Waals surface area (Å²) in [6, 6.07) is 5.75. The average molecular weight is 656 g/mol. The first-order chi connectivity index (χ1) is 20.9. The molecular formula is C34H36CoN4O6. The van der Waals surface area contributed by atoms with E-state index in [4.69, 9.17) is 9.97 Å². The van der Waals surface area contributed by atoms with Crippen LogP contribution in [0.1, 0.15) is 96.0 Å². The monoisotopic (exact) mass is 655 g/mol. The van der Waals surface area contributed by atoms with Crippen molar-refractivity contribution >= 4 is 57.2 Å². The molecule has 0 fully saturated rings. The number of aryl methyl sites for hydroxylation is 3. The van der Waals surface area contributed by atoms with Crippen LogP contribution < -0.4 is 0 Å². The number of H-pyrrole nitrogens is 2. The number of rotatable bonds is 8. The van der Waals surface area contributed by atoms with Gasteiger partial charge >= 0.3 is 17.9 Å². The number of nitrogens with one attached hydrogen (secondary N) is 2. The summed E-state index contributed by atoms with van der Waals surface area (Å²) in [5.74, 6) is -4.13. The van der Waals surface area contributed by atoms with Gasteiger partial charge in [0.05, 0.1) is 29.1 Å². The summed E-state index contributed by atoms with van der Waals surface area (Å²) in [6.45, 7) is 13.7. The van der Waals surface area contributed by atoms with Crippen LogP contribution in [-0.2, 0) is 44.0 Å². The van der Waals surface area contributed by atoms with Crippen LogP contribution in [0.25, 0.3) is 39.3 Å². The van der Waals surface area contributed by atoms with Crippen molar-refractivity contribution < 1.29 is 46.5 Å². The number of allylic oxidation sites excluding steroid dienone is 1. The predicted molar refractivity (Wildman–Crippen MR) is 169 cm³/mol. The molecular weight excluding hydrogens is 619 g/mol. The Morgan fingerprint density at radius 1 is 0.911 bits per heavy atom. The van der Waals surface area contributed by atoms with Crippen LogP contribution in [0.5, 0.6) is 0 Å². The SMILES string of the molecule is C=Cc1c(C)c2cc3nc(c(CC(=O)O)c4nc(cc5[nH]c(cc1[nH]2)c(C)c5CC)C(C)=C4C(=O)O)[C@@H](CCC(=O)O)[C@@H]3C.[Co]. The van der Waals surface area contributed by atoms with Gasteiger partial charge in [-0.15, -0.1) is 0 Å². The van der Waals surface area contributed by atoms with E-state index in [1.165, 1.54) is 0 Å². The molecule has 0 amide bonds. The number of hydrogen-bond acceptors (Lipinski definition) is 5. The molecule has 5 heterocycles.